The largest absolute Gasteiger partial charge is 0.337 e. The molecular weight excluding hydrogens is 328 g/mol. The summed E-state index contributed by atoms with van der Waals surface area (Å²) >= 11 is 0. The van der Waals surface area contributed by atoms with Gasteiger partial charge in [-0.15, -0.1) is 0 Å². The minimum Gasteiger partial charge on any atom is -0.337 e. The molecular formula is C20H26N4O2. The fraction of sp³-hybridized carbons (Fsp3) is 0.450. The highest BCUT2D eigenvalue weighted by Gasteiger charge is 2.26. The van der Waals surface area contributed by atoms with Gasteiger partial charge in [-0.3, -0.25) is 9.59 Å². The summed E-state index contributed by atoms with van der Waals surface area (Å²) in [4.78, 5) is 31.0. The van der Waals surface area contributed by atoms with Crippen LogP contribution in [0.3, 0.4) is 0 Å². The molecule has 138 valence electrons. The van der Waals surface area contributed by atoms with Crippen LogP contribution in [-0.2, 0) is 11.3 Å². The van der Waals surface area contributed by atoms with E-state index in [1.165, 1.54) is 6.42 Å². The van der Waals surface area contributed by atoms with E-state index < -0.39 is 0 Å². The predicted octanol–water partition coefficient (Wildman–Crippen LogP) is 3.32. The first kappa shape index (κ1) is 18.2. The summed E-state index contributed by atoms with van der Waals surface area (Å²) in [5.41, 5.74) is 1.30. The van der Waals surface area contributed by atoms with E-state index in [1.54, 1.807) is 18.6 Å². The van der Waals surface area contributed by atoms with Crippen LogP contribution in [0.25, 0.3) is 0 Å². The lowest BCUT2D eigenvalue weighted by molar-refractivity contribution is -0.116. The number of aryl methyl sites for hydroxylation is 1. The van der Waals surface area contributed by atoms with Crippen LogP contribution in [0.15, 0.2) is 43.0 Å². The first-order chi connectivity index (χ1) is 12.7. The second-order valence-electron chi connectivity index (χ2n) is 6.74. The number of carbonyl (C=O) groups excluding carboxylic acids is 2. The molecule has 26 heavy (non-hydrogen) atoms. The predicted molar refractivity (Wildman–Crippen MR) is 101 cm³/mol. The van der Waals surface area contributed by atoms with Crippen molar-refractivity contribution < 1.29 is 9.59 Å². The number of benzene rings is 1. The Kier molecular flexibility index (Phi) is 6.04. The number of anilines is 1. The van der Waals surface area contributed by atoms with E-state index >= 15 is 0 Å². The summed E-state index contributed by atoms with van der Waals surface area (Å²) in [6.07, 6.45) is 9.88. The fourth-order valence-electron chi connectivity index (χ4n) is 3.46. The maximum absolute atomic E-state index is 12.9. The number of piperidine rings is 1. The lowest BCUT2D eigenvalue weighted by atomic mass is 9.99. The van der Waals surface area contributed by atoms with E-state index in [0.717, 1.165) is 25.8 Å². The van der Waals surface area contributed by atoms with Crippen LogP contribution >= 0.6 is 0 Å². The molecule has 1 atom stereocenters. The highest BCUT2D eigenvalue weighted by Crippen LogP contribution is 2.22. The minimum absolute atomic E-state index is 0.0612. The molecule has 0 saturated carbocycles. The van der Waals surface area contributed by atoms with Gasteiger partial charge >= 0.3 is 0 Å². The van der Waals surface area contributed by atoms with Crippen LogP contribution in [0.1, 0.15) is 49.4 Å². The second kappa shape index (κ2) is 8.65. The molecule has 0 spiro atoms. The summed E-state index contributed by atoms with van der Waals surface area (Å²) in [7, 11) is 0. The maximum Gasteiger partial charge on any atom is 0.254 e. The van der Waals surface area contributed by atoms with Gasteiger partial charge in [0.15, 0.2) is 0 Å². The van der Waals surface area contributed by atoms with Crippen LogP contribution in [-0.4, -0.2) is 38.9 Å². The second-order valence-corrected chi connectivity index (χ2v) is 6.74. The first-order valence-corrected chi connectivity index (χ1v) is 9.34. The molecule has 1 aliphatic heterocycles. The number of amides is 2. The van der Waals surface area contributed by atoms with Gasteiger partial charge in [0, 0.05) is 49.2 Å². The number of likely N-dealkylation sites (tertiary alicyclic amines) is 1. The average Bonchev–Trinajstić information content (AvgIpc) is 3.19. The number of nitrogens with one attached hydrogen (secondary N) is 1. The molecule has 6 heteroatoms. The van der Waals surface area contributed by atoms with E-state index in [9.17, 15) is 9.59 Å². The van der Waals surface area contributed by atoms with E-state index in [2.05, 4.69) is 17.2 Å². The monoisotopic (exact) mass is 354 g/mol. The summed E-state index contributed by atoms with van der Waals surface area (Å²) in [5.74, 6) is -0.0150. The lowest BCUT2D eigenvalue weighted by Gasteiger charge is -2.35. The maximum atomic E-state index is 12.9. The van der Waals surface area contributed by atoms with Gasteiger partial charge in [0.05, 0.1) is 6.33 Å². The Hall–Kier alpha value is -2.63. The smallest absolute Gasteiger partial charge is 0.254 e. The number of hydrogen-bond acceptors (Lipinski definition) is 3. The fourth-order valence-corrected chi connectivity index (χ4v) is 3.46. The average molecular weight is 354 g/mol. The molecule has 6 nitrogen and oxygen atoms in total. The van der Waals surface area contributed by atoms with Crippen molar-refractivity contribution in [2.24, 2.45) is 0 Å². The van der Waals surface area contributed by atoms with Crippen LogP contribution < -0.4 is 5.32 Å². The Morgan fingerprint density at radius 1 is 1.31 bits per heavy atom. The van der Waals surface area contributed by atoms with Gasteiger partial charge in [0.2, 0.25) is 5.91 Å². The molecule has 2 amide bonds. The van der Waals surface area contributed by atoms with Crippen molar-refractivity contribution >= 4 is 17.5 Å². The first-order valence-electron chi connectivity index (χ1n) is 9.34. The van der Waals surface area contributed by atoms with Gasteiger partial charge in [0.1, 0.15) is 0 Å². The summed E-state index contributed by atoms with van der Waals surface area (Å²) in [5, 5.41) is 2.88. The van der Waals surface area contributed by atoms with Crippen LogP contribution in [0.5, 0.6) is 0 Å². The topological polar surface area (TPSA) is 67.2 Å². The molecule has 0 aliphatic carbocycles. The zero-order chi connectivity index (χ0) is 18.4. The molecule has 2 heterocycles. The van der Waals surface area contributed by atoms with Gasteiger partial charge in [-0.1, -0.05) is 13.0 Å². The number of imidazole rings is 1. The van der Waals surface area contributed by atoms with Crippen LogP contribution in [0.4, 0.5) is 5.69 Å². The number of nitrogens with zero attached hydrogens (tertiary/aromatic N) is 3. The number of hydrogen-bond donors (Lipinski definition) is 1. The molecule has 1 aliphatic rings. The lowest BCUT2D eigenvalue weighted by Crippen LogP contribution is -2.43. The molecule has 1 fully saturated rings. The zero-order valence-corrected chi connectivity index (χ0v) is 15.2. The van der Waals surface area contributed by atoms with Crippen LogP contribution in [0, 0.1) is 0 Å². The van der Waals surface area contributed by atoms with Crippen molar-refractivity contribution in [2.75, 3.05) is 11.9 Å². The molecule has 0 bridgehead atoms. The summed E-state index contributed by atoms with van der Waals surface area (Å²) in [6, 6.07) is 7.57. The Labute approximate surface area is 154 Å². The van der Waals surface area contributed by atoms with Gasteiger partial charge in [-0.2, -0.15) is 0 Å². The van der Waals surface area contributed by atoms with Gasteiger partial charge in [0.25, 0.3) is 5.91 Å². The van der Waals surface area contributed by atoms with E-state index in [0.29, 0.717) is 30.3 Å². The van der Waals surface area contributed by atoms with Gasteiger partial charge in [-0.05, 0) is 43.9 Å². The zero-order valence-electron chi connectivity index (χ0n) is 15.2. The highest BCUT2D eigenvalue weighted by atomic mass is 16.2. The van der Waals surface area contributed by atoms with Crippen LogP contribution in [0.2, 0.25) is 0 Å². The van der Waals surface area contributed by atoms with Crippen molar-refractivity contribution in [2.45, 2.75) is 51.6 Å². The molecule has 3 rings (SSSR count). The SMILES string of the molecule is CCC1CCCCN1C(=O)c1cccc(NC(=O)CCn2ccnc2)c1. The molecule has 1 unspecified atom stereocenters. The Balaban J connectivity index is 1.61. The normalized spacial score (nSPS) is 17.1. The van der Waals surface area contributed by atoms with Crippen molar-refractivity contribution in [1.29, 1.82) is 0 Å². The van der Waals surface area contributed by atoms with E-state index in [4.69, 9.17) is 0 Å². The van der Waals surface area contributed by atoms with Crippen molar-refractivity contribution in [3.63, 3.8) is 0 Å². The van der Waals surface area contributed by atoms with Gasteiger partial charge < -0.3 is 14.8 Å². The molecule has 1 aromatic carbocycles. The van der Waals surface area contributed by atoms with Crippen molar-refractivity contribution in [3.8, 4) is 0 Å². The molecule has 0 radical (unpaired) electrons. The quantitative estimate of drug-likeness (QED) is 0.865. The number of aromatic nitrogens is 2. The minimum atomic E-state index is -0.0762. The molecule has 1 saturated heterocycles. The molecule has 1 aromatic heterocycles. The Bertz CT molecular complexity index is 742. The number of rotatable bonds is 6. The summed E-state index contributed by atoms with van der Waals surface area (Å²) in [6.45, 7) is 3.53. The highest BCUT2D eigenvalue weighted by molar-refractivity contribution is 5.97. The van der Waals surface area contributed by atoms with Crippen molar-refractivity contribution in [3.05, 3.63) is 48.5 Å². The van der Waals surface area contributed by atoms with Crippen molar-refractivity contribution in [1.82, 2.24) is 14.5 Å². The van der Waals surface area contributed by atoms with Gasteiger partial charge in [-0.25, -0.2) is 4.98 Å². The summed E-state index contributed by atoms with van der Waals surface area (Å²) < 4.78 is 1.86. The van der Waals surface area contributed by atoms with E-state index in [1.807, 2.05) is 33.9 Å². The molecule has 1 N–H and O–H groups in total. The Morgan fingerprint density at radius 3 is 2.96 bits per heavy atom. The van der Waals surface area contributed by atoms with E-state index in [-0.39, 0.29) is 11.8 Å². The third-order valence-corrected chi connectivity index (χ3v) is 4.91. The molecule has 2 aromatic rings. The standard InChI is InChI=1S/C20H26N4O2/c1-2-18-8-3-4-11-24(18)20(26)16-6-5-7-17(14-16)22-19(25)9-12-23-13-10-21-15-23/h5-7,10,13-15,18H,2-4,8-9,11-12H2,1H3,(H,22,25). The third kappa shape index (κ3) is 4.50. The third-order valence-electron chi connectivity index (χ3n) is 4.91. The Morgan fingerprint density at radius 2 is 2.19 bits per heavy atom. The number of carbonyl (C=O) groups is 2.